The third-order valence-electron chi connectivity index (χ3n) is 5.04. The summed E-state index contributed by atoms with van der Waals surface area (Å²) in [6.45, 7) is 9.45. The predicted octanol–water partition coefficient (Wildman–Crippen LogP) is 4.85. The molecule has 0 bridgehead atoms. The van der Waals surface area contributed by atoms with Gasteiger partial charge < -0.3 is 15.2 Å². The van der Waals surface area contributed by atoms with E-state index >= 15 is 0 Å². The Labute approximate surface area is 158 Å². The molecule has 0 saturated heterocycles. The summed E-state index contributed by atoms with van der Waals surface area (Å²) in [7, 11) is 0. The number of benzene rings is 2. The van der Waals surface area contributed by atoms with Crippen LogP contribution in [0.15, 0.2) is 48.5 Å². The normalized spacial score (nSPS) is 14.7. The lowest BCUT2D eigenvalue weighted by Crippen LogP contribution is -2.33. The minimum absolute atomic E-state index is 0.197. The highest BCUT2D eigenvalue weighted by Crippen LogP contribution is 2.28. The fourth-order valence-corrected chi connectivity index (χ4v) is 2.96. The number of rotatable bonds is 10. The lowest BCUT2D eigenvalue weighted by molar-refractivity contribution is 0.103. The Morgan fingerprint density at radius 1 is 1.00 bits per heavy atom. The first kappa shape index (κ1) is 20.5. The molecule has 2 aromatic carbocycles. The zero-order valence-corrected chi connectivity index (χ0v) is 16.5. The summed E-state index contributed by atoms with van der Waals surface area (Å²) in [4.78, 5) is 0. The molecule has 2 rings (SSSR count). The number of ether oxygens (including phenoxy) is 1. The molecule has 0 aliphatic carbocycles. The average molecular weight is 356 g/mol. The Bertz CT molecular complexity index is 654. The highest BCUT2D eigenvalue weighted by atomic mass is 16.5. The quantitative estimate of drug-likeness (QED) is 0.640. The van der Waals surface area contributed by atoms with Gasteiger partial charge in [-0.1, -0.05) is 63.2 Å². The molecule has 0 aliphatic heterocycles. The van der Waals surface area contributed by atoms with Gasteiger partial charge >= 0.3 is 0 Å². The number of aliphatic hydroxyl groups is 1. The molecule has 3 nitrogen and oxygen atoms in total. The van der Waals surface area contributed by atoms with Gasteiger partial charge in [-0.3, -0.25) is 0 Å². The molecule has 0 aliphatic rings. The fourth-order valence-electron chi connectivity index (χ4n) is 2.96. The van der Waals surface area contributed by atoms with E-state index in [0.29, 0.717) is 19.1 Å². The van der Waals surface area contributed by atoms with Crippen LogP contribution < -0.4 is 10.1 Å². The smallest absolute Gasteiger partial charge is 0.122 e. The van der Waals surface area contributed by atoms with Gasteiger partial charge in [0.05, 0.1) is 0 Å². The Kier molecular flexibility index (Phi) is 8.14. The van der Waals surface area contributed by atoms with Gasteiger partial charge in [0.2, 0.25) is 0 Å². The monoisotopic (exact) mass is 355 g/mol. The molecule has 0 saturated carbocycles. The third-order valence-corrected chi connectivity index (χ3v) is 5.04. The first-order chi connectivity index (χ1) is 12.5. The molecule has 2 N–H and O–H groups in total. The molecule has 0 fully saturated rings. The van der Waals surface area contributed by atoms with Gasteiger partial charge in [-0.05, 0) is 48.4 Å². The molecule has 0 heterocycles. The molecule has 3 atom stereocenters. The number of hydrogen-bond donors (Lipinski definition) is 2. The van der Waals surface area contributed by atoms with Crippen LogP contribution in [-0.4, -0.2) is 24.4 Å². The van der Waals surface area contributed by atoms with Gasteiger partial charge in [-0.2, -0.15) is 0 Å². The summed E-state index contributed by atoms with van der Waals surface area (Å²) in [5, 5.41) is 13.7. The molecule has 0 radical (unpaired) electrons. The summed E-state index contributed by atoms with van der Waals surface area (Å²) < 4.78 is 5.90. The van der Waals surface area contributed by atoms with Crippen molar-refractivity contribution in [3.8, 4) is 5.75 Å². The van der Waals surface area contributed by atoms with Crippen LogP contribution in [0, 0.1) is 0 Å². The van der Waals surface area contributed by atoms with E-state index in [0.717, 1.165) is 18.6 Å². The maximum absolute atomic E-state index is 10.3. The van der Waals surface area contributed by atoms with Crippen molar-refractivity contribution in [1.82, 2.24) is 5.32 Å². The van der Waals surface area contributed by atoms with E-state index in [2.05, 4.69) is 63.3 Å². The molecule has 142 valence electrons. The second-order valence-electron chi connectivity index (χ2n) is 7.04. The Hall–Kier alpha value is -1.84. The minimum Gasteiger partial charge on any atom is -0.491 e. The van der Waals surface area contributed by atoms with Gasteiger partial charge in [0.15, 0.2) is 0 Å². The molecular formula is C23H33NO2. The summed E-state index contributed by atoms with van der Waals surface area (Å²) in [5.74, 6) is 1.33. The number of aliphatic hydroxyl groups excluding tert-OH is 1. The second-order valence-corrected chi connectivity index (χ2v) is 7.04. The van der Waals surface area contributed by atoms with Gasteiger partial charge in [0.1, 0.15) is 18.5 Å². The van der Waals surface area contributed by atoms with Crippen molar-refractivity contribution >= 4 is 0 Å². The SMILES string of the molecule is CCc1ccc(C(C)NCC(O)COc2ccccc2C(C)CC)cc1. The number of aryl methyl sites for hydroxylation is 1. The number of para-hydroxylation sites is 1. The average Bonchev–Trinajstić information content (AvgIpc) is 2.70. The predicted molar refractivity (Wildman–Crippen MR) is 109 cm³/mol. The lowest BCUT2D eigenvalue weighted by Gasteiger charge is -2.20. The third kappa shape index (κ3) is 5.86. The van der Waals surface area contributed by atoms with E-state index in [1.54, 1.807) is 0 Å². The lowest BCUT2D eigenvalue weighted by atomic mass is 9.98. The van der Waals surface area contributed by atoms with Crippen molar-refractivity contribution in [2.75, 3.05) is 13.2 Å². The molecule has 26 heavy (non-hydrogen) atoms. The van der Waals surface area contributed by atoms with Crippen LogP contribution in [0.1, 0.15) is 62.8 Å². The van der Waals surface area contributed by atoms with Crippen molar-refractivity contribution in [2.45, 2.75) is 58.6 Å². The van der Waals surface area contributed by atoms with Gasteiger partial charge in [0, 0.05) is 12.6 Å². The summed E-state index contributed by atoms with van der Waals surface area (Å²) in [6, 6.07) is 16.9. The maximum Gasteiger partial charge on any atom is 0.122 e. The first-order valence-corrected chi connectivity index (χ1v) is 9.77. The van der Waals surface area contributed by atoms with Crippen LogP contribution in [0.3, 0.4) is 0 Å². The zero-order valence-electron chi connectivity index (χ0n) is 16.5. The van der Waals surface area contributed by atoms with Crippen molar-refractivity contribution in [3.05, 3.63) is 65.2 Å². The Balaban J connectivity index is 1.82. The second kappa shape index (κ2) is 10.3. The zero-order chi connectivity index (χ0) is 18.9. The topological polar surface area (TPSA) is 41.5 Å². The first-order valence-electron chi connectivity index (χ1n) is 9.77. The van der Waals surface area contributed by atoms with E-state index in [-0.39, 0.29) is 6.04 Å². The maximum atomic E-state index is 10.3. The highest BCUT2D eigenvalue weighted by Gasteiger charge is 2.13. The van der Waals surface area contributed by atoms with Crippen LogP contribution >= 0.6 is 0 Å². The molecule has 3 unspecified atom stereocenters. The standard InChI is InChI=1S/C23H33NO2/c1-5-17(3)22-9-7-8-10-23(22)26-16-21(25)15-24-18(4)20-13-11-19(6-2)12-14-20/h7-14,17-18,21,24-25H,5-6,15-16H2,1-4H3. The van der Waals surface area contributed by atoms with E-state index in [4.69, 9.17) is 4.74 Å². The fraction of sp³-hybridized carbons (Fsp3) is 0.478. The van der Waals surface area contributed by atoms with Gasteiger partial charge in [-0.15, -0.1) is 0 Å². The molecule has 0 spiro atoms. The Morgan fingerprint density at radius 2 is 1.69 bits per heavy atom. The van der Waals surface area contributed by atoms with Gasteiger partial charge in [0.25, 0.3) is 0 Å². The number of hydrogen-bond acceptors (Lipinski definition) is 3. The summed E-state index contributed by atoms with van der Waals surface area (Å²) in [5.41, 5.74) is 3.78. The van der Waals surface area contributed by atoms with Crippen molar-refractivity contribution in [2.24, 2.45) is 0 Å². The van der Waals surface area contributed by atoms with Crippen molar-refractivity contribution < 1.29 is 9.84 Å². The minimum atomic E-state index is -0.544. The molecule has 0 aromatic heterocycles. The van der Waals surface area contributed by atoms with E-state index in [1.165, 1.54) is 16.7 Å². The highest BCUT2D eigenvalue weighted by molar-refractivity contribution is 5.35. The van der Waals surface area contributed by atoms with E-state index < -0.39 is 6.10 Å². The van der Waals surface area contributed by atoms with E-state index in [9.17, 15) is 5.11 Å². The summed E-state index contributed by atoms with van der Waals surface area (Å²) in [6.07, 6.45) is 1.58. The largest absolute Gasteiger partial charge is 0.491 e. The Morgan fingerprint density at radius 3 is 2.35 bits per heavy atom. The van der Waals surface area contributed by atoms with Crippen LogP contribution in [0.4, 0.5) is 0 Å². The van der Waals surface area contributed by atoms with Crippen molar-refractivity contribution in [3.63, 3.8) is 0 Å². The van der Waals surface area contributed by atoms with Crippen LogP contribution in [0.2, 0.25) is 0 Å². The van der Waals surface area contributed by atoms with E-state index in [1.807, 2.05) is 18.2 Å². The number of nitrogens with one attached hydrogen (secondary N) is 1. The van der Waals surface area contributed by atoms with Crippen LogP contribution in [0.25, 0.3) is 0 Å². The van der Waals surface area contributed by atoms with Crippen molar-refractivity contribution in [1.29, 1.82) is 0 Å². The molecule has 2 aromatic rings. The van der Waals surface area contributed by atoms with Gasteiger partial charge in [-0.25, -0.2) is 0 Å². The van der Waals surface area contributed by atoms with Crippen LogP contribution in [-0.2, 0) is 6.42 Å². The van der Waals surface area contributed by atoms with Crippen LogP contribution in [0.5, 0.6) is 5.75 Å². The molecular weight excluding hydrogens is 322 g/mol. The summed E-state index contributed by atoms with van der Waals surface area (Å²) >= 11 is 0. The molecule has 0 amide bonds. The molecule has 3 heteroatoms.